The van der Waals surface area contributed by atoms with E-state index in [4.69, 9.17) is 4.74 Å². The zero-order valence-corrected chi connectivity index (χ0v) is 41.6. The first-order valence-corrected chi connectivity index (χ1v) is 19.3. The number of ether oxygens (including phenoxy) is 1. The van der Waals surface area contributed by atoms with Crippen LogP contribution in [0.3, 0.4) is 0 Å². The van der Waals surface area contributed by atoms with Crippen LogP contribution in [0.15, 0.2) is 113 Å². The largest absolute Gasteiger partial charge is 2.00 e. The summed E-state index contributed by atoms with van der Waals surface area (Å²) < 4.78 is 5.78. The van der Waals surface area contributed by atoms with Crippen LogP contribution in [-0.2, 0) is 4.79 Å². The number of unbranched alkanes of at least 4 members (excludes halogenated alkanes) is 12. The molecule has 1 N–H and O–H groups in total. The number of nitrogens with zero attached hydrogens (tertiary/aromatic N) is 3. The zero-order chi connectivity index (χ0) is 39.1. The van der Waals surface area contributed by atoms with Gasteiger partial charge in [-0.15, -0.1) is 17.7 Å². The molecule has 56 heavy (non-hydrogen) atoms. The summed E-state index contributed by atoms with van der Waals surface area (Å²) in [4.78, 5) is 20.7. The third-order valence-corrected chi connectivity index (χ3v) is 8.35. The van der Waals surface area contributed by atoms with Crippen LogP contribution >= 0.6 is 0 Å². The fourth-order valence-electron chi connectivity index (χ4n) is 5.17. The van der Waals surface area contributed by atoms with E-state index in [0.29, 0.717) is 17.1 Å². The molecule has 0 unspecified atom stereocenters. The third kappa shape index (κ3) is 24.6. The molecule has 4 aromatic carbocycles. The van der Waals surface area contributed by atoms with Crippen LogP contribution in [-0.4, -0.2) is 24.9 Å². The average molecular weight is 1210 g/mol. The summed E-state index contributed by atoms with van der Waals surface area (Å²) in [6.07, 6.45) is 21.8. The first-order valence-electron chi connectivity index (χ1n) is 19.3. The number of likely N-dealkylation sites (N-methyl/N-ethyl adjacent to an activating group) is 1. The van der Waals surface area contributed by atoms with E-state index >= 15 is 0 Å². The number of non-ortho nitro benzene ring substituents is 1. The minimum Gasteiger partial charge on any atom is -0.494 e. The van der Waals surface area contributed by atoms with Gasteiger partial charge < -0.3 is 28.7 Å². The number of nitro benzene ring substituents is 1. The molecule has 4 aromatic rings. The number of carbonyl (C=O) groups excluding carboxylic acids is 1. The predicted molar refractivity (Wildman–Crippen MR) is 224 cm³/mol. The molecule has 294 valence electrons. The van der Waals surface area contributed by atoms with Crippen molar-refractivity contribution in [1.29, 1.82) is 0 Å². The van der Waals surface area contributed by atoms with Gasteiger partial charge in [-0.1, -0.05) is 120 Å². The van der Waals surface area contributed by atoms with Crippen molar-refractivity contribution < 1.29 is 76.7 Å². The van der Waals surface area contributed by atoms with Crippen molar-refractivity contribution in [3.63, 3.8) is 0 Å². The van der Waals surface area contributed by atoms with E-state index in [-0.39, 0.29) is 67.9 Å². The van der Waals surface area contributed by atoms with E-state index in [1.54, 1.807) is 49.5 Å². The third-order valence-electron chi connectivity index (χ3n) is 8.35. The summed E-state index contributed by atoms with van der Waals surface area (Å²) >= 11 is 0. The fraction of sp³-hybridized carbons (Fsp3) is 0.370. The molecular formula is C46H58N4O4U2. The summed E-state index contributed by atoms with van der Waals surface area (Å²) in [6.45, 7) is 10.7. The monoisotopic (exact) mass is 1210 g/mol. The van der Waals surface area contributed by atoms with E-state index in [1.807, 2.05) is 42.7 Å². The Hall–Kier alpha value is -3.01. The van der Waals surface area contributed by atoms with Crippen LogP contribution in [0, 0.1) is 92.3 Å². The smallest absolute Gasteiger partial charge is 0.494 e. The van der Waals surface area contributed by atoms with Crippen LogP contribution in [0.4, 0.5) is 17.1 Å². The van der Waals surface area contributed by atoms with Gasteiger partial charge in [0.25, 0.3) is 5.69 Å². The van der Waals surface area contributed by atoms with Crippen molar-refractivity contribution in [1.82, 2.24) is 5.32 Å². The zero-order valence-electron chi connectivity index (χ0n) is 33.3. The second-order valence-electron chi connectivity index (χ2n) is 12.7. The Balaban J connectivity index is 0.000000853. The Bertz CT molecular complexity index is 1610. The van der Waals surface area contributed by atoms with Crippen molar-refractivity contribution in [2.24, 2.45) is 10.2 Å². The van der Waals surface area contributed by atoms with Gasteiger partial charge >= 0.3 is 62.2 Å². The molecule has 0 atom stereocenters. The van der Waals surface area contributed by atoms with Gasteiger partial charge in [0.2, 0.25) is 0 Å². The number of hydrogen-bond donors (Lipinski definition) is 1. The van der Waals surface area contributed by atoms with Crippen LogP contribution in [0.25, 0.3) is 17.2 Å². The Labute approximate surface area is 384 Å². The quantitative estimate of drug-likeness (QED) is 0.0211. The maximum atomic E-state index is 10.7. The Morgan fingerprint density at radius 3 is 1.68 bits per heavy atom. The van der Waals surface area contributed by atoms with E-state index in [0.717, 1.165) is 48.3 Å². The molecule has 0 saturated carbocycles. The van der Waals surface area contributed by atoms with Gasteiger partial charge in [-0.25, -0.2) is 0 Å². The normalized spacial score (nSPS) is 10.5. The molecule has 0 aliphatic carbocycles. The van der Waals surface area contributed by atoms with E-state index < -0.39 is 4.92 Å². The molecule has 0 fully saturated rings. The summed E-state index contributed by atoms with van der Waals surface area (Å²) in [6, 6.07) is 32.0. The molecule has 0 aromatic heterocycles. The summed E-state index contributed by atoms with van der Waals surface area (Å²) in [7, 11) is 1.71. The number of allylic oxidation sites excluding steroid dienone is 1. The molecule has 4 rings (SSSR count). The molecule has 0 aliphatic heterocycles. The van der Waals surface area contributed by atoms with Gasteiger partial charge in [0.15, 0.2) is 0 Å². The Morgan fingerprint density at radius 1 is 0.732 bits per heavy atom. The van der Waals surface area contributed by atoms with Crippen LogP contribution in [0.2, 0.25) is 0 Å². The maximum Gasteiger partial charge on any atom is 2.00 e. The molecule has 0 saturated heterocycles. The SMILES string of the molecule is CCCCCCOc1ccc(-c2ccc(/C=C(/[C-]=O)NC)cc2)cc1.O=[N+]([O-])c1ccc(N=Nc2cc[c-]cc2)cc1.[CH2-]CCCCCCCCCC[CH2-].[U+2].[U+2]. The predicted octanol–water partition coefficient (Wildman–Crippen LogP) is 13.3. The second kappa shape index (κ2) is 35.2. The molecule has 0 amide bonds. The van der Waals surface area contributed by atoms with Gasteiger partial charge in [-0.05, 0) is 47.5 Å². The van der Waals surface area contributed by atoms with E-state index in [9.17, 15) is 14.9 Å². The van der Waals surface area contributed by atoms with E-state index in [1.165, 1.54) is 82.8 Å². The number of rotatable bonds is 22. The van der Waals surface area contributed by atoms with Crippen molar-refractivity contribution in [2.75, 3.05) is 13.7 Å². The first-order chi connectivity index (χ1) is 26.4. The molecule has 0 heterocycles. The number of nitro groups is 1. The fourth-order valence-corrected chi connectivity index (χ4v) is 5.17. The standard InChI is InChI=1S/C22H26NO2.C12H8N3O2.C12H24.2U/c1-3-4-5-6-15-25-22-13-11-20(12-14-22)19-9-7-18(8-10-19)16-21(17-24)23-2;16-15(17)12-8-6-11(7-9-12)14-13-10-4-2-1-3-5-10;1-3-5-7-9-11-12-10-8-6-4-2;;/h7-14,16,23H,3-6,15H2,1-2H3;2-9H;1-12H2;;/q2*-1;-2;2*+2/b21-16-;;;;. The van der Waals surface area contributed by atoms with Gasteiger partial charge in [-0.3, -0.25) is 10.1 Å². The molecule has 0 bridgehead atoms. The average Bonchev–Trinajstić information content (AvgIpc) is 3.21. The number of azo groups is 1. The van der Waals surface area contributed by atoms with E-state index in [2.05, 4.69) is 54.5 Å². The van der Waals surface area contributed by atoms with Crippen LogP contribution < -0.4 is 10.1 Å². The van der Waals surface area contributed by atoms with Crippen LogP contribution in [0.1, 0.15) is 102 Å². The minimum absolute atomic E-state index is 0. The summed E-state index contributed by atoms with van der Waals surface area (Å²) in [5.74, 6) is 0.917. The number of nitrogens with one attached hydrogen (secondary N) is 1. The van der Waals surface area contributed by atoms with Gasteiger partial charge in [0.05, 0.1) is 17.2 Å². The van der Waals surface area contributed by atoms with Gasteiger partial charge in [0, 0.05) is 25.5 Å². The van der Waals surface area contributed by atoms with Crippen molar-refractivity contribution in [2.45, 2.75) is 96.8 Å². The molecule has 8 nitrogen and oxygen atoms in total. The van der Waals surface area contributed by atoms with Gasteiger partial charge in [0.1, 0.15) is 5.75 Å². The first kappa shape index (κ1) is 53.0. The Morgan fingerprint density at radius 2 is 1.21 bits per heavy atom. The minimum atomic E-state index is -0.450. The molecule has 0 aliphatic rings. The number of hydrogen-bond acceptors (Lipinski definition) is 7. The molecular weight excluding hydrogens is 1150 g/mol. The Kier molecular flexibility index (Phi) is 33.3. The van der Waals surface area contributed by atoms with Gasteiger partial charge in [-0.2, -0.15) is 47.3 Å². The van der Waals surface area contributed by atoms with Crippen LogP contribution in [0.5, 0.6) is 5.75 Å². The van der Waals surface area contributed by atoms with Crippen molar-refractivity contribution >= 4 is 29.4 Å². The molecule has 0 spiro atoms. The number of benzene rings is 4. The molecule has 10 heteroatoms. The summed E-state index contributed by atoms with van der Waals surface area (Å²) in [5, 5.41) is 21.2. The second-order valence-corrected chi connectivity index (χ2v) is 12.7. The van der Waals surface area contributed by atoms with Crippen molar-refractivity contribution in [3.05, 3.63) is 138 Å². The topological polar surface area (TPSA) is 106 Å². The molecule has 0 radical (unpaired) electrons. The van der Waals surface area contributed by atoms with Crippen molar-refractivity contribution in [3.8, 4) is 16.9 Å². The maximum absolute atomic E-state index is 10.7. The summed E-state index contributed by atoms with van der Waals surface area (Å²) in [5.41, 5.74) is 5.00.